The van der Waals surface area contributed by atoms with E-state index in [0.29, 0.717) is 6.42 Å². The van der Waals surface area contributed by atoms with E-state index in [1.807, 2.05) is 6.92 Å². The normalized spacial score (nSPS) is 15.6. The number of rotatable bonds is 7. The lowest BCUT2D eigenvalue weighted by molar-refractivity contribution is -0.0286. The van der Waals surface area contributed by atoms with Crippen LogP contribution in [0.15, 0.2) is 5.18 Å². The molecule has 0 aliphatic carbocycles. The van der Waals surface area contributed by atoms with Gasteiger partial charge in [-0.05, 0) is 11.6 Å². The highest BCUT2D eigenvalue weighted by Gasteiger charge is 2.10. The smallest absolute Gasteiger partial charge is 0.189 e. The molecule has 0 aromatic carbocycles. The van der Waals surface area contributed by atoms with Crippen LogP contribution >= 0.6 is 0 Å². The van der Waals surface area contributed by atoms with Gasteiger partial charge in [0.15, 0.2) is 6.23 Å². The quantitative estimate of drug-likeness (QED) is 0.546. The van der Waals surface area contributed by atoms with E-state index in [9.17, 15) is 4.91 Å². The summed E-state index contributed by atoms with van der Waals surface area (Å²) in [7, 11) is 0. The molecule has 0 rings (SSSR count). The number of ether oxygens (including phenoxy) is 1. The van der Waals surface area contributed by atoms with Crippen molar-refractivity contribution in [1.82, 2.24) is 0 Å². The first-order valence-electron chi connectivity index (χ1n) is 3.97. The molecule has 0 fully saturated rings. The van der Waals surface area contributed by atoms with Crippen molar-refractivity contribution in [2.24, 2.45) is 5.18 Å². The third-order valence-electron chi connectivity index (χ3n) is 1.34. The average molecular weight is 177 g/mol. The van der Waals surface area contributed by atoms with Gasteiger partial charge in [-0.15, -0.1) is 4.91 Å². The molecule has 72 valence electrons. The molecule has 0 aromatic rings. The maximum Gasteiger partial charge on any atom is 0.189 e. The maximum atomic E-state index is 10.1. The van der Waals surface area contributed by atoms with Crippen molar-refractivity contribution in [3.8, 4) is 0 Å². The number of nitroso groups, excluding NO2 is 1. The second-order valence-electron chi connectivity index (χ2n) is 2.52. The van der Waals surface area contributed by atoms with Crippen molar-refractivity contribution in [3.63, 3.8) is 0 Å². The Hall–Kier alpha value is -0.520. The molecule has 0 amide bonds. The van der Waals surface area contributed by atoms with E-state index < -0.39 is 12.3 Å². The van der Waals surface area contributed by atoms with E-state index in [0.717, 1.165) is 6.42 Å². The minimum atomic E-state index is -0.925. The first kappa shape index (κ1) is 11.5. The summed E-state index contributed by atoms with van der Waals surface area (Å²) in [5.41, 5.74) is 0. The fourth-order valence-corrected chi connectivity index (χ4v) is 0.688. The summed E-state index contributed by atoms with van der Waals surface area (Å²) >= 11 is 0. The predicted molar refractivity (Wildman–Crippen MR) is 43.5 cm³/mol. The summed E-state index contributed by atoms with van der Waals surface area (Å²) in [6, 6.07) is 0. The summed E-state index contributed by atoms with van der Waals surface area (Å²) < 4.78 is 4.90. The number of hydrogen-bond acceptors (Lipinski definition) is 5. The summed E-state index contributed by atoms with van der Waals surface area (Å²) in [6.07, 6.45) is -0.282. The van der Waals surface area contributed by atoms with E-state index in [2.05, 4.69) is 5.18 Å². The van der Waals surface area contributed by atoms with Crippen molar-refractivity contribution in [2.45, 2.75) is 32.1 Å². The van der Waals surface area contributed by atoms with E-state index in [-0.39, 0.29) is 13.2 Å². The first-order chi connectivity index (χ1) is 5.74. The zero-order valence-corrected chi connectivity index (χ0v) is 7.14. The molecule has 0 radical (unpaired) electrons. The summed E-state index contributed by atoms with van der Waals surface area (Å²) in [6.45, 7) is 1.49. The van der Waals surface area contributed by atoms with Crippen molar-refractivity contribution >= 4 is 0 Å². The molecule has 0 aliphatic rings. The lowest BCUT2D eigenvalue weighted by atomic mass is 10.3. The molecular weight excluding hydrogens is 162 g/mol. The molecular formula is C7H15NO4. The Morgan fingerprint density at radius 3 is 2.67 bits per heavy atom. The van der Waals surface area contributed by atoms with Gasteiger partial charge < -0.3 is 14.9 Å². The van der Waals surface area contributed by atoms with Gasteiger partial charge in [0.1, 0.15) is 6.10 Å². The molecule has 0 aliphatic heterocycles. The third-order valence-corrected chi connectivity index (χ3v) is 1.34. The van der Waals surface area contributed by atoms with Crippen LogP contribution in [0, 0.1) is 4.91 Å². The Bertz CT molecular complexity index is 120. The zero-order chi connectivity index (χ0) is 9.40. The average Bonchev–Trinajstić information content (AvgIpc) is 2.11. The van der Waals surface area contributed by atoms with Crippen LogP contribution in [0.5, 0.6) is 0 Å². The standard InChI is InChI=1S/C7H15NO4/c1-2-3-7(8-11)12-5-6(10)4-9/h6-7,9-10H,2-5H2,1H3. The second-order valence-corrected chi connectivity index (χ2v) is 2.52. The fourth-order valence-electron chi connectivity index (χ4n) is 0.688. The van der Waals surface area contributed by atoms with Crippen LogP contribution in [0.25, 0.3) is 0 Å². The fraction of sp³-hybridized carbons (Fsp3) is 1.00. The van der Waals surface area contributed by atoms with Gasteiger partial charge in [0.25, 0.3) is 0 Å². The highest BCUT2D eigenvalue weighted by Crippen LogP contribution is 2.03. The van der Waals surface area contributed by atoms with E-state index in [1.54, 1.807) is 0 Å². The molecule has 2 atom stereocenters. The van der Waals surface area contributed by atoms with Crippen molar-refractivity contribution in [1.29, 1.82) is 0 Å². The van der Waals surface area contributed by atoms with Gasteiger partial charge in [0, 0.05) is 0 Å². The summed E-state index contributed by atoms with van der Waals surface area (Å²) in [4.78, 5) is 10.1. The Morgan fingerprint density at radius 2 is 2.25 bits per heavy atom. The molecule has 0 saturated carbocycles. The highest BCUT2D eigenvalue weighted by molar-refractivity contribution is 4.55. The Morgan fingerprint density at radius 1 is 1.58 bits per heavy atom. The lowest BCUT2D eigenvalue weighted by Crippen LogP contribution is -2.23. The number of aliphatic hydroxyl groups excluding tert-OH is 2. The van der Waals surface area contributed by atoms with E-state index in [1.165, 1.54) is 0 Å². The van der Waals surface area contributed by atoms with Crippen LogP contribution in [0.1, 0.15) is 19.8 Å². The van der Waals surface area contributed by atoms with E-state index >= 15 is 0 Å². The molecule has 0 aromatic heterocycles. The Labute approximate surface area is 71.3 Å². The zero-order valence-electron chi connectivity index (χ0n) is 7.14. The predicted octanol–water partition coefficient (Wildman–Crippen LogP) is 0.249. The van der Waals surface area contributed by atoms with Gasteiger partial charge in [0.2, 0.25) is 0 Å². The maximum absolute atomic E-state index is 10.1. The molecule has 0 saturated heterocycles. The minimum absolute atomic E-state index is 0.0487. The van der Waals surface area contributed by atoms with Gasteiger partial charge >= 0.3 is 0 Å². The van der Waals surface area contributed by atoms with Gasteiger partial charge in [-0.1, -0.05) is 13.3 Å². The molecule has 2 N–H and O–H groups in total. The number of nitrogens with zero attached hydrogens (tertiary/aromatic N) is 1. The second kappa shape index (κ2) is 7.15. The molecule has 0 bridgehead atoms. The SMILES string of the molecule is CCCC(N=O)OCC(O)CO. The van der Waals surface area contributed by atoms with Crippen LogP contribution < -0.4 is 0 Å². The molecule has 0 spiro atoms. The monoisotopic (exact) mass is 177 g/mol. The van der Waals surface area contributed by atoms with Crippen LogP contribution in [0.3, 0.4) is 0 Å². The first-order valence-corrected chi connectivity index (χ1v) is 3.97. The minimum Gasteiger partial charge on any atom is -0.394 e. The summed E-state index contributed by atoms with van der Waals surface area (Å²) in [5.74, 6) is 0. The van der Waals surface area contributed by atoms with Gasteiger partial charge in [0.05, 0.1) is 13.2 Å². The lowest BCUT2D eigenvalue weighted by Gasteiger charge is -2.11. The van der Waals surface area contributed by atoms with Crippen LogP contribution in [0.4, 0.5) is 0 Å². The largest absolute Gasteiger partial charge is 0.394 e. The van der Waals surface area contributed by atoms with Crippen LogP contribution in [0.2, 0.25) is 0 Å². The third kappa shape index (κ3) is 5.17. The Balaban J connectivity index is 3.49. The molecule has 5 heteroatoms. The van der Waals surface area contributed by atoms with Gasteiger partial charge in [-0.25, -0.2) is 0 Å². The Kier molecular flexibility index (Phi) is 6.84. The topological polar surface area (TPSA) is 79.1 Å². The molecule has 5 nitrogen and oxygen atoms in total. The van der Waals surface area contributed by atoms with Crippen LogP contribution in [-0.4, -0.2) is 35.8 Å². The van der Waals surface area contributed by atoms with Crippen molar-refractivity contribution < 1.29 is 14.9 Å². The number of hydrogen-bond donors (Lipinski definition) is 2. The van der Waals surface area contributed by atoms with Gasteiger partial charge in [-0.2, -0.15) is 0 Å². The summed E-state index contributed by atoms with van der Waals surface area (Å²) in [5, 5.41) is 20.0. The molecule has 12 heavy (non-hydrogen) atoms. The van der Waals surface area contributed by atoms with Crippen LogP contribution in [-0.2, 0) is 4.74 Å². The van der Waals surface area contributed by atoms with Crippen molar-refractivity contribution in [3.05, 3.63) is 4.91 Å². The van der Waals surface area contributed by atoms with Gasteiger partial charge in [-0.3, -0.25) is 0 Å². The van der Waals surface area contributed by atoms with Crippen molar-refractivity contribution in [2.75, 3.05) is 13.2 Å². The molecule has 2 unspecified atom stereocenters. The van der Waals surface area contributed by atoms with E-state index in [4.69, 9.17) is 14.9 Å². The highest BCUT2D eigenvalue weighted by atomic mass is 16.5. The number of aliphatic hydroxyl groups is 2. The molecule has 0 heterocycles.